The van der Waals surface area contributed by atoms with Gasteiger partial charge in [-0.2, -0.15) is 0 Å². The first-order valence-corrected chi connectivity index (χ1v) is 17.0. The van der Waals surface area contributed by atoms with E-state index in [1.54, 1.807) is 12.1 Å². The van der Waals surface area contributed by atoms with Crippen molar-refractivity contribution in [3.63, 3.8) is 0 Å². The van der Waals surface area contributed by atoms with Crippen LogP contribution < -0.4 is 4.90 Å². The first kappa shape index (κ1) is 21.7. The summed E-state index contributed by atoms with van der Waals surface area (Å²) in [5, 5.41) is 3.57. The lowest BCUT2D eigenvalue weighted by Gasteiger charge is -2.28. The van der Waals surface area contributed by atoms with Crippen LogP contribution in [0.25, 0.3) is 66.1 Å². The molecule has 1 aromatic heterocycles. The molecule has 9 aromatic rings. The van der Waals surface area contributed by atoms with E-state index in [1.807, 2.05) is 97.1 Å². The highest BCUT2D eigenvalue weighted by molar-refractivity contribution is 6.19. The molecule has 0 saturated heterocycles. The highest BCUT2D eigenvalue weighted by Crippen LogP contribution is 2.52. The second kappa shape index (κ2) is 11.3. The predicted molar refractivity (Wildman–Crippen MR) is 214 cm³/mol. The molecule has 0 N–H and O–H groups in total. The standard InChI is InChI=1S/C49H35NO/c1-49(2)43-23-10-8-18-38(43)41-22-12-20-36(47(41)49)33-26-29-35(30-27-33)50(34-15-4-3-5-16-34)44-24-11-9-19-39(44)40-21-13-25-45-46(40)42-31-28-32-14-6-7-17-37(32)48(42)51-45/h3-31H,1-2H3/i3D,4D,5D,15D,16D,26D,27D,29D,30D. The smallest absolute Gasteiger partial charge is 0.143 e. The van der Waals surface area contributed by atoms with E-state index in [9.17, 15) is 8.22 Å². The zero-order valence-corrected chi connectivity index (χ0v) is 27.9. The molecule has 0 radical (unpaired) electrons. The molecular formula is C49H35NO. The number of benzene rings is 8. The van der Waals surface area contributed by atoms with Gasteiger partial charge in [-0.15, -0.1) is 0 Å². The lowest BCUT2D eigenvalue weighted by Crippen LogP contribution is -2.16. The molecule has 1 heterocycles. The Morgan fingerprint density at radius 3 is 2.06 bits per heavy atom. The Morgan fingerprint density at radius 1 is 0.529 bits per heavy atom. The number of nitrogens with zero attached hydrogens (tertiary/aromatic N) is 1. The summed E-state index contributed by atoms with van der Waals surface area (Å²) in [6.07, 6.45) is 0. The summed E-state index contributed by atoms with van der Waals surface area (Å²) < 4.78 is 89.5. The Bertz CT molecular complexity index is 3260. The first-order valence-electron chi connectivity index (χ1n) is 21.5. The molecule has 1 aliphatic carbocycles. The fourth-order valence-electron chi connectivity index (χ4n) is 7.99. The molecule has 0 amide bonds. The van der Waals surface area contributed by atoms with Gasteiger partial charge in [0.1, 0.15) is 11.2 Å². The zero-order chi connectivity index (χ0) is 41.9. The van der Waals surface area contributed by atoms with E-state index < -0.39 is 47.7 Å². The Labute approximate surface area is 310 Å². The van der Waals surface area contributed by atoms with Crippen molar-refractivity contribution in [3.8, 4) is 33.4 Å². The maximum absolute atomic E-state index is 9.73. The minimum atomic E-state index is -0.600. The number of furan rings is 1. The first-order chi connectivity index (χ1) is 28.8. The van der Waals surface area contributed by atoms with Gasteiger partial charge in [-0.05, 0) is 86.7 Å². The van der Waals surface area contributed by atoms with Gasteiger partial charge >= 0.3 is 0 Å². The van der Waals surface area contributed by atoms with Gasteiger partial charge in [-0.1, -0.05) is 147 Å². The third-order valence-electron chi connectivity index (χ3n) is 10.2. The molecule has 10 rings (SSSR count). The lowest BCUT2D eigenvalue weighted by atomic mass is 9.79. The minimum absolute atomic E-state index is 0.114. The molecular weight excluding hydrogens is 619 g/mol. The van der Waals surface area contributed by atoms with Crippen LogP contribution in [-0.4, -0.2) is 0 Å². The number of rotatable bonds is 5. The van der Waals surface area contributed by atoms with Crippen molar-refractivity contribution >= 4 is 49.8 Å². The van der Waals surface area contributed by atoms with Crippen LogP contribution in [0.5, 0.6) is 0 Å². The van der Waals surface area contributed by atoms with E-state index in [-0.39, 0.29) is 34.7 Å². The number of fused-ring (bicyclic) bond motifs is 8. The average molecular weight is 663 g/mol. The van der Waals surface area contributed by atoms with Crippen LogP contribution in [-0.2, 0) is 5.41 Å². The fourth-order valence-corrected chi connectivity index (χ4v) is 7.99. The normalized spacial score (nSPS) is 15.5. The molecule has 51 heavy (non-hydrogen) atoms. The average Bonchev–Trinajstić information content (AvgIpc) is 3.77. The summed E-state index contributed by atoms with van der Waals surface area (Å²) in [5.41, 5.74) is 6.41. The molecule has 1 aliphatic rings. The molecule has 0 aliphatic heterocycles. The second-order valence-electron chi connectivity index (χ2n) is 13.4. The van der Waals surface area contributed by atoms with E-state index in [1.165, 1.54) is 4.90 Å². The Hall–Kier alpha value is -6.38. The van der Waals surface area contributed by atoms with Crippen LogP contribution in [0.3, 0.4) is 0 Å². The van der Waals surface area contributed by atoms with Crippen molar-refractivity contribution in [3.05, 3.63) is 187 Å². The quantitative estimate of drug-likeness (QED) is 0.182. The van der Waals surface area contributed by atoms with Gasteiger partial charge in [-0.3, -0.25) is 0 Å². The van der Waals surface area contributed by atoms with Crippen molar-refractivity contribution in [2.45, 2.75) is 19.3 Å². The van der Waals surface area contributed by atoms with Crippen LogP contribution in [0.2, 0.25) is 0 Å². The predicted octanol–water partition coefficient (Wildman–Crippen LogP) is 13.8. The molecule has 2 nitrogen and oxygen atoms in total. The summed E-state index contributed by atoms with van der Waals surface area (Å²) in [7, 11) is 0. The van der Waals surface area contributed by atoms with Crippen molar-refractivity contribution < 1.29 is 16.8 Å². The van der Waals surface area contributed by atoms with Gasteiger partial charge in [0.05, 0.1) is 18.0 Å². The fraction of sp³-hybridized carbons (Fsp3) is 0.0612. The summed E-state index contributed by atoms with van der Waals surface area (Å²) in [6.45, 7) is 4.19. The molecule has 0 spiro atoms. The number of hydrogen-bond acceptors (Lipinski definition) is 2. The van der Waals surface area contributed by atoms with E-state index in [0.717, 1.165) is 43.8 Å². The van der Waals surface area contributed by atoms with Gasteiger partial charge in [0.2, 0.25) is 0 Å². The second-order valence-corrected chi connectivity index (χ2v) is 13.4. The molecule has 0 fully saturated rings. The Kier molecular flexibility index (Phi) is 4.81. The Balaban J connectivity index is 1.27. The molecule has 8 aromatic carbocycles. The molecule has 0 atom stereocenters. The van der Waals surface area contributed by atoms with E-state index in [2.05, 4.69) is 26.0 Å². The van der Waals surface area contributed by atoms with Gasteiger partial charge in [0.15, 0.2) is 0 Å². The van der Waals surface area contributed by atoms with Crippen molar-refractivity contribution in [1.82, 2.24) is 0 Å². The van der Waals surface area contributed by atoms with Crippen LogP contribution in [0.4, 0.5) is 17.1 Å². The monoisotopic (exact) mass is 662 g/mol. The van der Waals surface area contributed by atoms with E-state index in [0.29, 0.717) is 27.9 Å². The third kappa shape index (κ3) is 4.50. The Morgan fingerprint density at radius 2 is 1.20 bits per heavy atom. The van der Waals surface area contributed by atoms with Gasteiger partial charge in [0.25, 0.3) is 0 Å². The van der Waals surface area contributed by atoms with Crippen LogP contribution in [0.15, 0.2) is 180 Å². The number of hydrogen-bond donors (Lipinski definition) is 0. The summed E-state index contributed by atoms with van der Waals surface area (Å²) in [4.78, 5) is 1.31. The molecule has 0 bridgehead atoms. The highest BCUT2D eigenvalue weighted by atomic mass is 16.3. The van der Waals surface area contributed by atoms with Crippen LogP contribution in [0, 0.1) is 0 Å². The summed E-state index contributed by atoms with van der Waals surface area (Å²) in [5.74, 6) is 0. The molecule has 0 saturated carbocycles. The largest absolute Gasteiger partial charge is 0.455 e. The summed E-state index contributed by atoms with van der Waals surface area (Å²) >= 11 is 0. The molecule has 2 heteroatoms. The van der Waals surface area contributed by atoms with Gasteiger partial charge in [0, 0.05) is 38.5 Å². The van der Waals surface area contributed by atoms with E-state index >= 15 is 0 Å². The van der Waals surface area contributed by atoms with E-state index in [4.69, 9.17) is 8.53 Å². The maximum atomic E-state index is 9.73. The van der Waals surface area contributed by atoms with Crippen LogP contribution in [0.1, 0.15) is 37.3 Å². The van der Waals surface area contributed by atoms with Gasteiger partial charge < -0.3 is 9.32 Å². The zero-order valence-electron chi connectivity index (χ0n) is 36.9. The maximum Gasteiger partial charge on any atom is 0.143 e. The molecule has 0 unspecified atom stereocenters. The van der Waals surface area contributed by atoms with Crippen molar-refractivity contribution in [2.75, 3.05) is 4.90 Å². The minimum Gasteiger partial charge on any atom is -0.455 e. The SMILES string of the molecule is [2H]c1c([2H])c([2H])c(N(c2ccccc2-c2cccc3oc4c5ccccc5ccc4c23)c2c([2H])c([2H])c(-c3cccc4c3C(C)(C)c3ccccc3-4)c([2H])c2[2H])c([2H])c1[2H]. The van der Waals surface area contributed by atoms with Crippen molar-refractivity contribution in [1.29, 1.82) is 0 Å². The topological polar surface area (TPSA) is 16.4 Å². The number of anilines is 3. The van der Waals surface area contributed by atoms with Gasteiger partial charge in [-0.25, -0.2) is 0 Å². The molecule has 242 valence electrons. The number of para-hydroxylation sites is 2. The summed E-state index contributed by atoms with van der Waals surface area (Å²) in [6, 6.07) is 34.1. The van der Waals surface area contributed by atoms with Crippen molar-refractivity contribution in [2.24, 2.45) is 0 Å². The lowest BCUT2D eigenvalue weighted by molar-refractivity contribution is 0.662. The third-order valence-corrected chi connectivity index (χ3v) is 10.2. The van der Waals surface area contributed by atoms with Crippen LogP contribution >= 0.6 is 0 Å². The highest BCUT2D eigenvalue weighted by Gasteiger charge is 2.37.